The van der Waals surface area contributed by atoms with E-state index in [1.165, 1.54) is 0 Å². The number of nitrogens with zero attached hydrogens (tertiary/aromatic N) is 2. The zero-order valence-corrected chi connectivity index (χ0v) is 25.5. The molecule has 0 fully saturated rings. The first-order valence-corrected chi connectivity index (χ1v) is 15.3. The molecule has 0 amide bonds. The summed E-state index contributed by atoms with van der Waals surface area (Å²) in [4.78, 5) is 10.9. The Morgan fingerprint density at radius 1 is 0.500 bits per heavy atom. The van der Waals surface area contributed by atoms with E-state index in [0.29, 0.717) is 26.3 Å². The van der Waals surface area contributed by atoms with Crippen molar-refractivity contribution in [3.05, 3.63) is 180 Å². The second kappa shape index (κ2) is 14.8. The van der Waals surface area contributed by atoms with E-state index in [4.69, 9.17) is 14.6 Å². The van der Waals surface area contributed by atoms with Gasteiger partial charge in [-0.15, -0.1) is 0 Å². The van der Waals surface area contributed by atoms with Gasteiger partial charge in [0.1, 0.15) is 24.7 Å². The molecule has 0 aliphatic carbocycles. The average molecular weight is 609 g/mol. The molecule has 6 nitrogen and oxygen atoms in total. The summed E-state index contributed by atoms with van der Waals surface area (Å²) < 4.78 is 16.7. The fourth-order valence-electron chi connectivity index (χ4n) is 5.24. The van der Waals surface area contributed by atoms with E-state index in [1.807, 2.05) is 66.7 Å². The highest BCUT2D eigenvalue weighted by atomic mass is 16.5. The minimum Gasteiger partial charge on any atom is -0.489 e. The molecule has 0 saturated heterocycles. The van der Waals surface area contributed by atoms with Gasteiger partial charge in [-0.2, -0.15) is 0 Å². The van der Waals surface area contributed by atoms with Crippen LogP contribution in [-0.2, 0) is 37.5 Å². The fraction of sp³-hybridized carbons (Fsp3) is 0.125. The van der Waals surface area contributed by atoms with Crippen LogP contribution in [0.2, 0.25) is 0 Å². The molecule has 0 bridgehead atoms. The Balaban J connectivity index is 1.12. The van der Waals surface area contributed by atoms with Gasteiger partial charge in [-0.25, -0.2) is 9.13 Å². The summed E-state index contributed by atoms with van der Waals surface area (Å²) in [5, 5.41) is 8.98. The number of carbonyl (C=O) groups is 1. The standard InChI is InChI=1S/C40H35N2O4/c43-40(44)25-31-11-13-32(14-12-31)27-41-19-15-36(16-20-41)37-17-21-42(22-18-37)28-35-23-38(45-29-33-7-3-1-4-8-33)26-39(24-35)46-30-34-9-5-2-6-10-34/h1-24,26H,25,27-30H2/q+1/p+1. The predicted octanol–water partition coefficient (Wildman–Crippen LogP) is 6.81. The topological polar surface area (TPSA) is 63.5 Å². The first kappa shape index (κ1) is 30.3. The van der Waals surface area contributed by atoms with Gasteiger partial charge < -0.3 is 14.6 Å². The molecule has 6 heteroatoms. The van der Waals surface area contributed by atoms with Crippen molar-refractivity contribution in [2.45, 2.75) is 32.7 Å². The fourth-order valence-corrected chi connectivity index (χ4v) is 5.24. The van der Waals surface area contributed by atoms with Gasteiger partial charge in [0.15, 0.2) is 37.9 Å². The number of rotatable bonds is 13. The van der Waals surface area contributed by atoms with Crippen LogP contribution in [0.4, 0.5) is 0 Å². The normalized spacial score (nSPS) is 10.8. The van der Waals surface area contributed by atoms with Crippen molar-refractivity contribution in [3.8, 4) is 22.6 Å². The molecule has 0 saturated carbocycles. The van der Waals surface area contributed by atoms with Crippen LogP contribution in [0.1, 0.15) is 27.8 Å². The first-order valence-electron chi connectivity index (χ1n) is 15.3. The highest BCUT2D eigenvalue weighted by molar-refractivity contribution is 5.70. The maximum Gasteiger partial charge on any atom is 0.307 e. The number of ether oxygens (including phenoxy) is 2. The molecular formula is C40H36N2O4+2. The number of carboxylic acids is 1. The van der Waals surface area contributed by atoms with Gasteiger partial charge in [-0.1, -0.05) is 84.9 Å². The molecule has 0 aliphatic rings. The molecule has 0 spiro atoms. The second-order valence-electron chi connectivity index (χ2n) is 11.3. The van der Waals surface area contributed by atoms with Gasteiger partial charge in [0.2, 0.25) is 0 Å². The van der Waals surface area contributed by atoms with Crippen molar-refractivity contribution >= 4 is 5.97 Å². The van der Waals surface area contributed by atoms with Gasteiger partial charge in [-0.05, 0) is 39.9 Å². The SMILES string of the molecule is O=C(O)Cc1ccc(C[n+]2ccc(-c3cc[n+](Cc4cc(OCc5ccccc5)cc(OCc5ccccc5)c4)cc3)cc2)cc1. The van der Waals surface area contributed by atoms with Gasteiger partial charge in [0.05, 0.1) is 6.42 Å². The van der Waals surface area contributed by atoms with Crippen LogP contribution in [0.25, 0.3) is 11.1 Å². The van der Waals surface area contributed by atoms with E-state index in [2.05, 4.69) is 94.6 Å². The summed E-state index contributed by atoms with van der Waals surface area (Å²) in [6, 6.07) is 42.6. The van der Waals surface area contributed by atoms with Crippen LogP contribution >= 0.6 is 0 Å². The van der Waals surface area contributed by atoms with E-state index in [-0.39, 0.29) is 6.42 Å². The van der Waals surface area contributed by atoms with Crippen LogP contribution in [0, 0.1) is 0 Å². The first-order chi connectivity index (χ1) is 22.6. The molecular weight excluding hydrogens is 572 g/mol. The summed E-state index contributed by atoms with van der Waals surface area (Å²) in [5.74, 6) is 0.728. The van der Waals surface area contributed by atoms with Crippen molar-refractivity contribution in [2.75, 3.05) is 0 Å². The Bertz CT molecular complexity index is 1800. The van der Waals surface area contributed by atoms with Gasteiger partial charge >= 0.3 is 5.97 Å². The van der Waals surface area contributed by atoms with Crippen LogP contribution in [0.15, 0.2) is 152 Å². The largest absolute Gasteiger partial charge is 0.489 e. The monoisotopic (exact) mass is 608 g/mol. The summed E-state index contributed by atoms with van der Waals surface area (Å²) >= 11 is 0. The molecule has 0 unspecified atom stereocenters. The van der Waals surface area contributed by atoms with E-state index in [0.717, 1.165) is 50.4 Å². The second-order valence-corrected chi connectivity index (χ2v) is 11.3. The third kappa shape index (κ3) is 8.67. The molecule has 4 aromatic carbocycles. The van der Waals surface area contributed by atoms with Crippen LogP contribution < -0.4 is 18.6 Å². The zero-order chi connectivity index (χ0) is 31.6. The highest BCUT2D eigenvalue weighted by Crippen LogP contribution is 2.25. The number of hydrogen-bond acceptors (Lipinski definition) is 3. The molecule has 0 radical (unpaired) electrons. The summed E-state index contributed by atoms with van der Waals surface area (Å²) in [5.41, 5.74) is 7.50. The average Bonchev–Trinajstić information content (AvgIpc) is 3.09. The molecule has 2 heterocycles. The quantitative estimate of drug-likeness (QED) is 0.146. The molecule has 0 atom stereocenters. The Labute approximate surface area is 269 Å². The van der Waals surface area contributed by atoms with Crippen LogP contribution in [-0.4, -0.2) is 11.1 Å². The number of aromatic nitrogens is 2. The molecule has 6 aromatic rings. The Morgan fingerprint density at radius 3 is 1.39 bits per heavy atom. The lowest BCUT2D eigenvalue weighted by atomic mass is 10.1. The van der Waals surface area contributed by atoms with Crippen LogP contribution in [0.3, 0.4) is 0 Å². The summed E-state index contributed by atoms with van der Waals surface area (Å²) in [6.45, 7) is 2.36. The summed E-state index contributed by atoms with van der Waals surface area (Å²) in [7, 11) is 0. The van der Waals surface area contributed by atoms with Crippen molar-refractivity contribution in [1.29, 1.82) is 0 Å². The molecule has 0 aliphatic heterocycles. The van der Waals surface area contributed by atoms with E-state index in [1.54, 1.807) is 0 Å². The lowest BCUT2D eigenvalue weighted by Crippen LogP contribution is -2.33. The third-order valence-electron chi connectivity index (χ3n) is 7.66. The zero-order valence-electron chi connectivity index (χ0n) is 25.5. The van der Waals surface area contributed by atoms with E-state index in [9.17, 15) is 4.79 Å². The van der Waals surface area contributed by atoms with Crippen molar-refractivity contribution < 1.29 is 28.5 Å². The minimum absolute atomic E-state index is 0.0406. The van der Waals surface area contributed by atoms with Gasteiger partial charge in [-0.3, -0.25) is 4.79 Å². The molecule has 2 aromatic heterocycles. The lowest BCUT2D eigenvalue weighted by Gasteiger charge is -2.12. The Kier molecular flexibility index (Phi) is 9.76. The summed E-state index contributed by atoms with van der Waals surface area (Å²) in [6.07, 6.45) is 8.37. The molecule has 228 valence electrons. The lowest BCUT2D eigenvalue weighted by molar-refractivity contribution is -0.688. The molecule has 6 rings (SSSR count). The number of benzene rings is 4. The molecule has 1 N–H and O–H groups in total. The van der Waals surface area contributed by atoms with Crippen LogP contribution in [0.5, 0.6) is 11.5 Å². The van der Waals surface area contributed by atoms with Crippen molar-refractivity contribution in [3.63, 3.8) is 0 Å². The van der Waals surface area contributed by atoms with E-state index < -0.39 is 5.97 Å². The van der Waals surface area contributed by atoms with Crippen molar-refractivity contribution in [2.24, 2.45) is 0 Å². The Hall–Kier alpha value is -5.75. The maximum absolute atomic E-state index is 10.9. The van der Waals surface area contributed by atoms with Gasteiger partial charge in [0, 0.05) is 41.5 Å². The maximum atomic E-state index is 10.9. The van der Waals surface area contributed by atoms with Gasteiger partial charge in [0.25, 0.3) is 0 Å². The number of pyridine rings is 2. The van der Waals surface area contributed by atoms with E-state index >= 15 is 0 Å². The Morgan fingerprint density at radius 2 is 0.935 bits per heavy atom. The minimum atomic E-state index is -0.819. The number of hydrogen-bond donors (Lipinski definition) is 1. The van der Waals surface area contributed by atoms with Crippen molar-refractivity contribution in [1.82, 2.24) is 0 Å². The number of carboxylic acid groups (broad SMARTS) is 1. The smallest absolute Gasteiger partial charge is 0.307 e. The third-order valence-corrected chi connectivity index (χ3v) is 7.66. The molecule has 46 heavy (non-hydrogen) atoms. The predicted molar refractivity (Wildman–Crippen MR) is 176 cm³/mol. The highest BCUT2D eigenvalue weighted by Gasteiger charge is 2.11. The number of aliphatic carboxylic acids is 1.